The second kappa shape index (κ2) is 7.25. The van der Waals surface area contributed by atoms with E-state index in [2.05, 4.69) is 24.4 Å². The van der Waals surface area contributed by atoms with Crippen molar-refractivity contribution in [1.82, 2.24) is 5.32 Å². The summed E-state index contributed by atoms with van der Waals surface area (Å²) in [4.78, 5) is 0. The zero-order valence-electron chi connectivity index (χ0n) is 12.7. The normalized spacial score (nSPS) is 26.1. The molecule has 1 aromatic carbocycles. The second-order valence-corrected chi connectivity index (χ2v) is 5.81. The standard InChI is InChI=1S/C17H25NO3/c1-2-18-17-14-5-3-4-6-15(14)21-12-16(17)20-11-13-7-9-19-10-8-13/h3-6,13,16-18H,2,7-12H2,1H3. The monoisotopic (exact) mass is 291 g/mol. The predicted octanol–water partition coefficient (Wildman–Crippen LogP) is 2.54. The molecule has 2 aliphatic rings. The van der Waals surface area contributed by atoms with E-state index in [4.69, 9.17) is 14.2 Å². The van der Waals surface area contributed by atoms with Crippen LogP contribution in [0.2, 0.25) is 0 Å². The molecule has 2 unspecified atom stereocenters. The summed E-state index contributed by atoms with van der Waals surface area (Å²) in [7, 11) is 0. The molecule has 1 fully saturated rings. The second-order valence-electron chi connectivity index (χ2n) is 5.81. The van der Waals surface area contributed by atoms with Gasteiger partial charge in [0.2, 0.25) is 0 Å². The van der Waals surface area contributed by atoms with Gasteiger partial charge in [0.1, 0.15) is 18.5 Å². The van der Waals surface area contributed by atoms with E-state index in [1.165, 1.54) is 5.56 Å². The van der Waals surface area contributed by atoms with Gasteiger partial charge in [-0.25, -0.2) is 0 Å². The number of ether oxygens (including phenoxy) is 3. The van der Waals surface area contributed by atoms with Crippen molar-refractivity contribution in [3.8, 4) is 5.75 Å². The van der Waals surface area contributed by atoms with Crippen molar-refractivity contribution in [2.45, 2.75) is 31.9 Å². The molecule has 21 heavy (non-hydrogen) atoms. The molecule has 2 atom stereocenters. The first kappa shape index (κ1) is 14.8. The molecule has 0 aromatic heterocycles. The lowest BCUT2D eigenvalue weighted by Gasteiger charge is -2.35. The van der Waals surface area contributed by atoms with Gasteiger partial charge in [0.15, 0.2) is 0 Å². The molecule has 3 rings (SSSR count). The maximum atomic E-state index is 6.20. The zero-order valence-corrected chi connectivity index (χ0v) is 12.7. The lowest BCUT2D eigenvalue weighted by atomic mass is 9.97. The SMILES string of the molecule is CCNC1c2ccccc2OCC1OCC1CCOCC1. The van der Waals surface area contributed by atoms with E-state index in [1.54, 1.807) is 0 Å². The van der Waals surface area contributed by atoms with Crippen LogP contribution < -0.4 is 10.1 Å². The summed E-state index contributed by atoms with van der Waals surface area (Å²) < 4.78 is 17.5. The number of rotatable bonds is 5. The van der Waals surface area contributed by atoms with Gasteiger partial charge in [-0.15, -0.1) is 0 Å². The van der Waals surface area contributed by atoms with Crippen LogP contribution >= 0.6 is 0 Å². The molecule has 116 valence electrons. The molecular weight excluding hydrogens is 266 g/mol. The van der Waals surface area contributed by atoms with Gasteiger partial charge >= 0.3 is 0 Å². The van der Waals surface area contributed by atoms with E-state index >= 15 is 0 Å². The average Bonchev–Trinajstić information content (AvgIpc) is 2.55. The van der Waals surface area contributed by atoms with Gasteiger partial charge in [-0.1, -0.05) is 25.1 Å². The van der Waals surface area contributed by atoms with Crippen LogP contribution in [0.1, 0.15) is 31.4 Å². The summed E-state index contributed by atoms with van der Waals surface area (Å²) in [5.41, 5.74) is 1.21. The minimum absolute atomic E-state index is 0.0858. The van der Waals surface area contributed by atoms with Gasteiger partial charge in [-0.2, -0.15) is 0 Å². The van der Waals surface area contributed by atoms with Crippen LogP contribution in [0.5, 0.6) is 5.75 Å². The van der Waals surface area contributed by atoms with Gasteiger partial charge in [0.05, 0.1) is 12.6 Å². The van der Waals surface area contributed by atoms with Gasteiger partial charge in [0, 0.05) is 18.8 Å². The average molecular weight is 291 g/mol. The van der Waals surface area contributed by atoms with E-state index in [1.807, 2.05) is 12.1 Å². The van der Waals surface area contributed by atoms with Crippen molar-refractivity contribution in [1.29, 1.82) is 0 Å². The van der Waals surface area contributed by atoms with Crippen LogP contribution in [-0.4, -0.2) is 39.1 Å². The number of fused-ring (bicyclic) bond motifs is 1. The lowest BCUT2D eigenvalue weighted by molar-refractivity contribution is -0.0481. The fourth-order valence-electron chi connectivity index (χ4n) is 3.12. The molecule has 1 N–H and O–H groups in total. The first-order valence-electron chi connectivity index (χ1n) is 8.03. The fraction of sp³-hybridized carbons (Fsp3) is 0.647. The number of hydrogen-bond donors (Lipinski definition) is 1. The molecule has 0 amide bonds. The number of hydrogen-bond acceptors (Lipinski definition) is 4. The molecule has 4 nitrogen and oxygen atoms in total. The largest absolute Gasteiger partial charge is 0.490 e. The van der Waals surface area contributed by atoms with Gasteiger partial charge < -0.3 is 19.5 Å². The van der Waals surface area contributed by atoms with Gasteiger partial charge in [0.25, 0.3) is 0 Å². The maximum Gasteiger partial charge on any atom is 0.124 e. The summed E-state index contributed by atoms with van der Waals surface area (Å²) in [5.74, 6) is 1.60. The third-order valence-corrected chi connectivity index (χ3v) is 4.34. The summed E-state index contributed by atoms with van der Waals surface area (Å²) in [6, 6.07) is 8.47. The van der Waals surface area contributed by atoms with Crippen LogP contribution in [0.15, 0.2) is 24.3 Å². The van der Waals surface area contributed by atoms with E-state index in [0.717, 1.165) is 45.0 Å². The topological polar surface area (TPSA) is 39.7 Å². The molecule has 2 heterocycles. The molecule has 0 spiro atoms. The van der Waals surface area contributed by atoms with Gasteiger partial charge in [-0.3, -0.25) is 0 Å². The predicted molar refractivity (Wildman–Crippen MR) is 81.6 cm³/mol. The lowest BCUT2D eigenvalue weighted by Crippen LogP contribution is -2.42. The van der Waals surface area contributed by atoms with Crippen molar-refractivity contribution < 1.29 is 14.2 Å². The van der Waals surface area contributed by atoms with Crippen LogP contribution in [0.3, 0.4) is 0 Å². The quantitative estimate of drug-likeness (QED) is 0.905. The van der Waals surface area contributed by atoms with Gasteiger partial charge in [-0.05, 0) is 31.4 Å². The molecule has 0 radical (unpaired) electrons. The first-order valence-corrected chi connectivity index (χ1v) is 8.03. The summed E-state index contributed by atoms with van der Waals surface area (Å²) >= 11 is 0. The van der Waals surface area contributed by atoms with Crippen molar-refractivity contribution in [2.24, 2.45) is 5.92 Å². The Morgan fingerprint density at radius 3 is 2.86 bits per heavy atom. The van der Waals surface area contributed by atoms with Crippen molar-refractivity contribution in [3.63, 3.8) is 0 Å². The van der Waals surface area contributed by atoms with Crippen LogP contribution in [0.4, 0.5) is 0 Å². The Balaban J connectivity index is 1.64. The summed E-state index contributed by atoms with van der Waals surface area (Å²) in [6.07, 6.45) is 2.30. The molecule has 1 saturated heterocycles. The van der Waals surface area contributed by atoms with E-state index in [0.29, 0.717) is 12.5 Å². The zero-order chi connectivity index (χ0) is 14.5. The third-order valence-electron chi connectivity index (χ3n) is 4.34. The Hall–Kier alpha value is -1.10. The van der Waals surface area contributed by atoms with E-state index in [9.17, 15) is 0 Å². The number of likely N-dealkylation sites (N-methyl/N-ethyl adjacent to an activating group) is 1. The van der Waals surface area contributed by atoms with Crippen LogP contribution in [0, 0.1) is 5.92 Å². The van der Waals surface area contributed by atoms with E-state index < -0.39 is 0 Å². The van der Waals surface area contributed by atoms with E-state index in [-0.39, 0.29) is 12.1 Å². The number of nitrogens with one attached hydrogen (secondary N) is 1. The number of benzene rings is 1. The third kappa shape index (κ3) is 3.57. The molecular formula is C17H25NO3. The Morgan fingerprint density at radius 2 is 2.05 bits per heavy atom. The summed E-state index contributed by atoms with van der Waals surface area (Å²) in [5, 5.41) is 3.55. The molecule has 1 aromatic rings. The van der Waals surface area contributed by atoms with Crippen LogP contribution in [0.25, 0.3) is 0 Å². The molecule has 0 saturated carbocycles. The molecule has 0 bridgehead atoms. The molecule has 2 aliphatic heterocycles. The maximum absolute atomic E-state index is 6.20. The smallest absolute Gasteiger partial charge is 0.124 e. The molecule has 4 heteroatoms. The van der Waals surface area contributed by atoms with Crippen LogP contribution in [-0.2, 0) is 9.47 Å². The fourth-order valence-corrected chi connectivity index (χ4v) is 3.12. The number of para-hydroxylation sites is 1. The molecule has 0 aliphatic carbocycles. The van der Waals surface area contributed by atoms with Crippen molar-refractivity contribution >= 4 is 0 Å². The Bertz CT molecular complexity index is 445. The first-order chi connectivity index (χ1) is 10.4. The highest BCUT2D eigenvalue weighted by molar-refractivity contribution is 5.38. The highest BCUT2D eigenvalue weighted by atomic mass is 16.5. The van der Waals surface area contributed by atoms with Crippen molar-refractivity contribution in [2.75, 3.05) is 33.0 Å². The minimum atomic E-state index is 0.0858. The van der Waals surface area contributed by atoms with Crippen molar-refractivity contribution in [3.05, 3.63) is 29.8 Å². The Labute approximate surface area is 126 Å². The highest BCUT2D eigenvalue weighted by Crippen LogP contribution is 2.33. The highest BCUT2D eigenvalue weighted by Gasteiger charge is 2.31. The Morgan fingerprint density at radius 1 is 1.24 bits per heavy atom. The summed E-state index contributed by atoms with van der Waals surface area (Å²) in [6.45, 7) is 6.23. The minimum Gasteiger partial charge on any atom is -0.490 e. The Kier molecular flexibility index (Phi) is 5.12.